The standard InChI is InChI=1S/C22H28N2O5/c1-26-18-9-11-24(12-10-18)17-7-5-16(6-8-17)23-22(25)15-13-19(27-2)21(29-4)20(14-15)28-3/h5-8,13-14,18H,9-12H2,1-4H3,(H,23,25). The van der Waals surface area contributed by atoms with Crippen molar-refractivity contribution in [2.45, 2.75) is 18.9 Å². The van der Waals surface area contributed by atoms with Gasteiger partial charge in [-0.05, 0) is 49.2 Å². The second kappa shape index (κ2) is 9.52. The second-order valence-electron chi connectivity index (χ2n) is 6.84. The molecule has 7 nitrogen and oxygen atoms in total. The van der Waals surface area contributed by atoms with Gasteiger partial charge in [0.05, 0.1) is 27.4 Å². The molecule has 156 valence electrons. The Morgan fingerprint density at radius 2 is 1.52 bits per heavy atom. The van der Waals surface area contributed by atoms with Gasteiger partial charge in [0.1, 0.15) is 0 Å². The summed E-state index contributed by atoms with van der Waals surface area (Å²) in [4.78, 5) is 15.1. The third kappa shape index (κ3) is 4.74. The lowest BCUT2D eigenvalue weighted by Crippen LogP contribution is -2.36. The Morgan fingerprint density at radius 3 is 2.00 bits per heavy atom. The second-order valence-corrected chi connectivity index (χ2v) is 6.84. The molecule has 3 rings (SSSR count). The summed E-state index contributed by atoms with van der Waals surface area (Å²) in [5, 5.41) is 2.92. The van der Waals surface area contributed by atoms with Gasteiger partial charge in [0.15, 0.2) is 11.5 Å². The molecule has 0 spiro atoms. The van der Waals surface area contributed by atoms with Gasteiger partial charge in [-0.15, -0.1) is 0 Å². The quantitative estimate of drug-likeness (QED) is 0.766. The van der Waals surface area contributed by atoms with E-state index in [0.717, 1.165) is 37.3 Å². The molecule has 1 N–H and O–H groups in total. The fraction of sp³-hybridized carbons (Fsp3) is 0.409. The molecule has 1 aliphatic heterocycles. The van der Waals surface area contributed by atoms with Crippen LogP contribution in [0.1, 0.15) is 23.2 Å². The largest absolute Gasteiger partial charge is 0.493 e. The molecule has 2 aromatic carbocycles. The number of anilines is 2. The first-order valence-electron chi connectivity index (χ1n) is 9.58. The molecule has 1 aliphatic rings. The van der Waals surface area contributed by atoms with E-state index < -0.39 is 0 Å². The summed E-state index contributed by atoms with van der Waals surface area (Å²) in [6.07, 6.45) is 2.40. The van der Waals surface area contributed by atoms with Gasteiger partial charge in [-0.1, -0.05) is 0 Å². The van der Waals surface area contributed by atoms with Crippen molar-refractivity contribution in [1.29, 1.82) is 0 Å². The van der Waals surface area contributed by atoms with Crippen molar-refractivity contribution < 1.29 is 23.7 Å². The van der Waals surface area contributed by atoms with Crippen LogP contribution in [0.3, 0.4) is 0 Å². The highest BCUT2D eigenvalue weighted by Gasteiger charge is 2.19. The summed E-state index contributed by atoms with van der Waals surface area (Å²) >= 11 is 0. The topological polar surface area (TPSA) is 69.3 Å². The molecule has 29 heavy (non-hydrogen) atoms. The minimum Gasteiger partial charge on any atom is -0.493 e. The molecule has 0 saturated carbocycles. The maximum absolute atomic E-state index is 12.7. The number of piperidine rings is 1. The molecule has 0 aliphatic carbocycles. The molecule has 1 heterocycles. The SMILES string of the molecule is COc1cc(C(=O)Nc2ccc(N3CCC(OC)CC3)cc2)cc(OC)c1OC. The molecule has 0 atom stereocenters. The minimum atomic E-state index is -0.252. The van der Waals surface area contributed by atoms with E-state index in [4.69, 9.17) is 18.9 Å². The lowest BCUT2D eigenvalue weighted by molar-refractivity contribution is 0.0819. The molecular formula is C22H28N2O5. The maximum Gasteiger partial charge on any atom is 0.255 e. The van der Waals surface area contributed by atoms with Gasteiger partial charge in [0.25, 0.3) is 5.91 Å². The number of nitrogens with one attached hydrogen (secondary N) is 1. The number of carbonyl (C=O) groups is 1. The van der Waals surface area contributed by atoms with E-state index in [-0.39, 0.29) is 5.91 Å². The van der Waals surface area contributed by atoms with Crippen LogP contribution >= 0.6 is 0 Å². The monoisotopic (exact) mass is 400 g/mol. The van der Waals surface area contributed by atoms with E-state index in [1.165, 1.54) is 21.3 Å². The van der Waals surface area contributed by atoms with Crippen LogP contribution in [-0.4, -0.2) is 53.5 Å². The van der Waals surface area contributed by atoms with Crippen LogP contribution in [0, 0.1) is 0 Å². The minimum absolute atomic E-state index is 0.252. The summed E-state index contributed by atoms with van der Waals surface area (Å²) in [5.41, 5.74) is 2.29. The molecule has 0 aromatic heterocycles. The number of nitrogens with zero attached hydrogens (tertiary/aromatic N) is 1. The third-order valence-electron chi connectivity index (χ3n) is 5.19. The van der Waals surface area contributed by atoms with Gasteiger partial charge >= 0.3 is 0 Å². The van der Waals surface area contributed by atoms with Crippen molar-refractivity contribution in [3.05, 3.63) is 42.0 Å². The summed E-state index contributed by atoms with van der Waals surface area (Å²) < 4.78 is 21.4. The van der Waals surface area contributed by atoms with Gasteiger partial charge in [0, 0.05) is 37.1 Å². The molecular weight excluding hydrogens is 372 g/mol. The molecule has 2 aromatic rings. The van der Waals surface area contributed by atoms with Gasteiger partial charge < -0.3 is 29.2 Å². The van der Waals surface area contributed by atoms with E-state index in [1.807, 2.05) is 24.3 Å². The zero-order chi connectivity index (χ0) is 20.8. The first kappa shape index (κ1) is 20.8. The highest BCUT2D eigenvalue weighted by molar-refractivity contribution is 6.05. The zero-order valence-corrected chi connectivity index (χ0v) is 17.4. The maximum atomic E-state index is 12.7. The number of rotatable bonds is 7. The predicted molar refractivity (Wildman–Crippen MR) is 113 cm³/mol. The number of methoxy groups -OCH3 is 4. The van der Waals surface area contributed by atoms with Gasteiger partial charge in [-0.3, -0.25) is 4.79 Å². The first-order valence-corrected chi connectivity index (χ1v) is 9.58. The average Bonchev–Trinajstić information content (AvgIpc) is 2.78. The van der Waals surface area contributed by atoms with Gasteiger partial charge in [-0.2, -0.15) is 0 Å². The van der Waals surface area contributed by atoms with E-state index in [1.54, 1.807) is 19.2 Å². The average molecular weight is 400 g/mol. The van der Waals surface area contributed by atoms with Crippen LogP contribution in [0.5, 0.6) is 17.2 Å². The van der Waals surface area contributed by atoms with Crippen molar-refractivity contribution in [1.82, 2.24) is 0 Å². The van der Waals surface area contributed by atoms with Gasteiger partial charge in [-0.25, -0.2) is 0 Å². The number of carbonyl (C=O) groups excluding carboxylic acids is 1. The summed E-state index contributed by atoms with van der Waals surface area (Å²) in [5.74, 6) is 1.07. The Bertz CT molecular complexity index is 805. The van der Waals surface area contributed by atoms with E-state index in [2.05, 4.69) is 10.2 Å². The van der Waals surface area contributed by atoms with E-state index >= 15 is 0 Å². The lowest BCUT2D eigenvalue weighted by Gasteiger charge is -2.33. The summed E-state index contributed by atoms with van der Waals surface area (Å²) in [7, 11) is 6.34. The fourth-order valence-corrected chi connectivity index (χ4v) is 3.52. The Balaban J connectivity index is 1.69. The molecule has 1 fully saturated rings. The number of benzene rings is 2. The highest BCUT2D eigenvalue weighted by Crippen LogP contribution is 2.38. The number of hydrogen-bond acceptors (Lipinski definition) is 6. The number of amides is 1. The molecule has 1 amide bonds. The van der Waals surface area contributed by atoms with Crippen molar-refractivity contribution in [3.63, 3.8) is 0 Å². The molecule has 0 radical (unpaired) electrons. The Kier molecular flexibility index (Phi) is 6.82. The van der Waals surface area contributed by atoms with Crippen LogP contribution in [0.15, 0.2) is 36.4 Å². The highest BCUT2D eigenvalue weighted by atomic mass is 16.5. The van der Waals surface area contributed by atoms with Crippen LogP contribution in [0.4, 0.5) is 11.4 Å². The number of hydrogen-bond donors (Lipinski definition) is 1. The van der Waals surface area contributed by atoms with Crippen molar-refractivity contribution in [2.24, 2.45) is 0 Å². The van der Waals surface area contributed by atoms with Crippen LogP contribution in [-0.2, 0) is 4.74 Å². The molecule has 7 heteroatoms. The molecule has 0 unspecified atom stereocenters. The predicted octanol–water partition coefficient (Wildman–Crippen LogP) is 3.58. The Morgan fingerprint density at radius 1 is 0.931 bits per heavy atom. The van der Waals surface area contributed by atoms with Crippen molar-refractivity contribution >= 4 is 17.3 Å². The fourth-order valence-electron chi connectivity index (χ4n) is 3.52. The third-order valence-corrected chi connectivity index (χ3v) is 5.19. The van der Waals surface area contributed by atoms with Crippen molar-refractivity contribution in [2.75, 3.05) is 51.7 Å². The number of ether oxygens (including phenoxy) is 4. The Labute approximate surface area is 171 Å². The zero-order valence-electron chi connectivity index (χ0n) is 17.4. The van der Waals surface area contributed by atoms with E-state index in [0.29, 0.717) is 28.9 Å². The summed E-state index contributed by atoms with van der Waals surface area (Å²) in [6, 6.07) is 11.1. The Hall–Kier alpha value is -2.93. The van der Waals surface area contributed by atoms with E-state index in [9.17, 15) is 4.79 Å². The lowest BCUT2D eigenvalue weighted by atomic mass is 10.1. The normalized spacial score (nSPS) is 14.4. The van der Waals surface area contributed by atoms with Crippen molar-refractivity contribution in [3.8, 4) is 17.2 Å². The van der Waals surface area contributed by atoms with Crippen LogP contribution in [0.2, 0.25) is 0 Å². The van der Waals surface area contributed by atoms with Crippen LogP contribution in [0.25, 0.3) is 0 Å². The molecule has 1 saturated heterocycles. The smallest absolute Gasteiger partial charge is 0.255 e. The van der Waals surface area contributed by atoms with Crippen LogP contribution < -0.4 is 24.4 Å². The van der Waals surface area contributed by atoms with Gasteiger partial charge in [0.2, 0.25) is 5.75 Å². The summed E-state index contributed by atoms with van der Waals surface area (Å²) in [6.45, 7) is 1.94. The first-order chi connectivity index (χ1) is 14.1. The molecule has 0 bridgehead atoms.